The molecule has 0 saturated heterocycles. The molecule has 1 amide bonds. The van der Waals surface area contributed by atoms with Gasteiger partial charge in [0, 0.05) is 6.07 Å². The second-order valence-corrected chi connectivity index (χ2v) is 4.01. The number of carboxylic acid groups (broad SMARTS) is 1. The number of amides is 1. The molecule has 0 aliphatic carbocycles. The molecule has 1 rings (SSSR count). The number of rotatable bonds is 6. The first-order valence-corrected chi connectivity index (χ1v) is 5.77. The van der Waals surface area contributed by atoms with Gasteiger partial charge in [-0.2, -0.15) is 0 Å². The van der Waals surface area contributed by atoms with Crippen LogP contribution in [0, 0.1) is 10.1 Å². The largest absolute Gasteiger partial charge is 0.480 e. The molecule has 0 aromatic carbocycles. The quantitative estimate of drug-likeness (QED) is 0.505. The van der Waals surface area contributed by atoms with Crippen molar-refractivity contribution in [1.29, 1.82) is 0 Å². The Bertz CT molecular complexity index is 594. The number of nitrogens with one attached hydrogen (secondary N) is 2. The van der Waals surface area contributed by atoms with Gasteiger partial charge in [-0.1, -0.05) is 13.3 Å². The van der Waals surface area contributed by atoms with E-state index in [-0.39, 0.29) is 6.42 Å². The van der Waals surface area contributed by atoms with Gasteiger partial charge >= 0.3 is 5.97 Å². The van der Waals surface area contributed by atoms with E-state index in [1.54, 1.807) is 6.92 Å². The molecule has 0 aliphatic heterocycles. The molecule has 0 bridgehead atoms. The molecule has 9 heteroatoms. The number of carbonyl (C=O) groups excluding carboxylic acids is 1. The third-order valence-corrected chi connectivity index (χ3v) is 2.52. The van der Waals surface area contributed by atoms with Crippen LogP contribution in [0.4, 0.5) is 5.69 Å². The van der Waals surface area contributed by atoms with Gasteiger partial charge in [0.2, 0.25) is 0 Å². The molecule has 0 saturated carbocycles. The van der Waals surface area contributed by atoms with Crippen LogP contribution in [-0.4, -0.2) is 32.9 Å². The molecule has 0 radical (unpaired) electrons. The number of nitro groups is 1. The van der Waals surface area contributed by atoms with Crippen molar-refractivity contribution < 1.29 is 19.6 Å². The van der Waals surface area contributed by atoms with Crippen LogP contribution in [0.3, 0.4) is 0 Å². The van der Waals surface area contributed by atoms with Crippen LogP contribution in [0.1, 0.15) is 30.1 Å². The molecule has 1 aromatic heterocycles. The Labute approximate surface area is 112 Å². The Morgan fingerprint density at radius 1 is 1.55 bits per heavy atom. The number of aromatic nitrogens is 1. The summed E-state index contributed by atoms with van der Waals surface area (Å²) >= 11 is 0. The second kappa shape index (κ2) is 6.45. The fourth-order valence-electron chi connectivity index (χ4n) is 1.53. The van der Waals surface area contributed by atoms with Crippen molar-refractivity contribution in [3.05, 3.63) is 38.3 Å². The summed E-state index contributed by atoms with van der Waals surface area (Å²) in [7, 11) is 0. The summed E-state index contributed by atoms with van der Waals surface area (Å²) in [6.45, 7) is 1.74. The van der Waals surface area contributed by atoms with E-state index in [1.807, 2.05) is 0 Å². The minimum absolute atomic E-state index is 0.188. The van der Waals surface area contributed by atoms with E-state index in [9.17, 15) is 24.5 Å². The molecular formula is C11H13N3O6. The molecule has 20 heavy (non-hydrogen) atoms. The lowest BCUT2D eigenvalue weighted by atomic mass is 10.1. The zero-order valence-electron chi connectivity index (χ0n) is 10.6. The van der Waals surface area contributed by atoms with Gasteiger partial charge in [-0.15, -0.1) is 0 Å². The highest BCUT2D eigenvalue weighted by Gasteiger charge is 2.22. The fraction of sp³-hybridized carbons (Fsp3) is 0.364. The molecular weight excluding hydrogens is 270 g/mol. The van der Waals surface area contributed by atoms with Crippen LogP contribution in [0.5, 0.6) is 0 Å². The maximum Gasteiger partial charge on any atom is 0.326 e. The molecule has 0 fully saturated rings. The Kier molecular flexibility index (Phi) is 4.95. The number of pyridine rings is 1. The first-order valence-electron chi connectivity index (χ1n) is 5.77. The lowest BCUT2D eigenvalue weighted by Crippen LogP contribution is -2.42. The molecule has 9 nitrogen and oxygen atoms in total. The summed E-state index contributed by atoms with van der Waals surface area (Å²) in [5.41, 5.74) is -1.78. The number of hydrogen-bond donors (Lipinski definition) is 3. The Morgan fingerprint density at radius 2 is 2.20 bits per heavy atom. The van der Waals surface area contributed by atoms with Gasteiger partial charge in [0.25, 0.3) is 17.2 Å². The van der Waals surface area contributed by atoms with E-state index >= 15 is 0 Å². The number of carboxylic acids is 1. The van der Waals surface area contributed by atoms with Gasteiger partial charge in [-0.3, -0.25) is 19.7 Å². The summed E-state index contributed by atoms with van der Waals surface area (Å²) in [6, 6.07) is -0.342. The zero-order valence-corrected chi connectivity index (χ0v) is 10.6. The van der Waals surface area contributed by atoms with Crippen LogP contribution in [0.15, 0.2) is 17.1 Å². The van der Waals surface area contributed by atoms with Gasteiger partial charge < -0.3 is 15.4 Å². The van der Waals surface area contributed by atoms with Crippen LogP contribution in [0.2, 0.25) is 0 Å². The lowest BCUT2D eigenvalue weighted by Gasteiger charge is -2.12. The molecule has 1 aromatic rings. The summed E-state index contributed by atoms with van der Waals surface area (Å²) in [4.78, 5) is 46.0. The predicted molar refractivity (Wildman–Crippen MR) is 67.5 cm³/mol. The molecule has 0 spiro atoms. The maximum absolute atomic E-state index is 11.8. The van der Waals surface area contributed by atoms with Crippen LogP contribution < -0.4 is 10.9 Å². The van der Waals surface area contributed by atoms with E-state index in [1.165, 1.54) is 0 Å². The standard InChI is InChI=1S/C11H13N3O6/c1-2-3-8(11(17)18)13-10(16)7-4-6(14(19)20)5-12-9(7)15/h4-5,8H,2-3H2,1H3,(H,12,15)(H,13,16)(H,17,18)/t8-/m0/s1. The normalized spacial score (nSPS) is 11.7. The lowest BCUT2D eigenvalue weighted by molar-refractivity contribution is -0.385. The molecule has 1 heterocycles. The predicted octanol–water partition coefficient (Wildman–Crippen LogP) is 0.266. The van der Waals surface area contributed by atoms with Crippen molar-refractivity contribution in [2.75, 3.05) is 0 Å². The molecule has 1 atom stereocenters. The molecule has 3 N–H and O–H groups in total. The van der Waals surface area contributed by atoms with Crippen molar-refractivity contribution in [3.8, 4) is 0 Å². The number of H-pyrrole nitrogens is 1. The van der Waals surface area contributed by atoms with Crippen molar-refractivity contribution in [1.82, 2.24) is 10.3 Å². The third kappa shape index (κ3) is 3.64. The Hall–Kier alpha value is -2.71. The number of aromatic amines is 1. The first-order chi connectivity index (χ1) is 9.36. The first kappa shape index (κ1) is 15.3. The topological polar surface area (TPSA) is 142 Å². The average molecular weight is 283 g/mol. The molecule has 0 aliphatic rings. The van der Waals surface area contributed by atoms with Crippen LogP contribution in [0.25, 0.3) is 0 Å². The monoisotopic (exact) mass is 283 g/mol. The van der Waals surface area contributed by atoms with Crippen molar-refractivity contribution in [3.63, 3.8) is 0 Å². The minimum Gasteiger partial charge on any atom is -0.480 e. The highest BCUT2D eigenvalue weighted by atomic mass is 16.6. The number of hydrogen-bond acceptors (Lipinski definition) is 5. The summed E-state index contributed by atoms with van der Waals surface area (Å²) < 4.78 is 0. The van der Waals surface area contributed by atoms with Crippen LogP contribution >= 0.6 is 0 Å². The molecule has 0 unspecified atom stereocenters. The van der Waals surface area contributed by atoms with Gasteiger partial charge in [-0.25, -0.2) is 4.79 Å². The van der Waals surface area contributed by atoms with Gasteiger partial charge in [0.05, 0.1) is 11.1 Å². The maximum atomic E-state index is 11.8. The summed E-state index contributed by atoms with van der Waals surface area (Å²) in [5, 5.41) is 21.6. The average Bonchev–Trinajstić information content (AvgIpc) is 2.38. The Balaban J connectivity index is 3.02. The van der Waals surface area contributed by atoms with Gasteiger partial charge in [0.15, 0.2) is 0 Å². The number of aliphatic carboxylic acids is 1. The third-order valence-electron chi connectivity index (χ3n) is 2.52. The van der Waals surface area contributed by atoms with Crippen molar-refractivity contribution in [2.24, 2.45) is 0 Å². The zero-order chi connectivity index (χ0) is 15.3. The SMILES string of the molecule is CCC[C@H](NC(=O)c1cc([N+](=O)[O-])c[nH]c1=O)C(=O)O. The van der Waals surface area contributed by atoms with E-state index in [0.29, 0.717) is 6.42 Å². The number of carbonyl (C=O) groups is 2. The van der Waals surface area contributed by atoms with E-state index in [4.69, 9.17) is 5.11 Å². The second-order valence-electron chi connectivity index (χ2n) is 4.01. The minimum atomic E-state index is -1.23. The highest BCUT2D eigenvalue weighted by molar-refractivity contribution is 5.96. The van der Waals surface area contributed by atoms with Crippen LogP contribution in [-0.2, 0) is 4.79 Å². The summed E-state index contributed by atoms with van der Waals surface area (Å²) in [5.74, 6) is -2.20. The van der Waals surface area contributed by atoms with E-state index in [2.05, 4.69) is 10.3 Å². The van der Waals surface area contributed by atoms with Gasteiger partial charge in [-0.05, 0) is 6.42 Å². The van der Waals surface area contributed by atoms with Crippen molar-refractivity contribution in [2.45, 2.75) is 25.8 Å². The number of nitrogens with zero attached hydrogens (tertiary/aromatic N) is 1. The van der Waals surface area contributed by atoms with Gasteiger partial charge in [0.1, 0.15) is 11.6 Å². The smallest absolute Gasteiger partial charge is 0.326 e. The summed E-state index contributed by atoms with van der Waals surface area (Å²) in [6.07, 6.45) is 1.57. The highest BCUT2D eigenvalue weighted by Crippen LogP contribution is 2.08. The Morgan fingerprint density at radius 3 is 2.70 bits per heavy atom. The van der Waals surface area contributed by atoms with E-state index < -0.39 is 39.7 Å². The van der Waals surface area contributed by atoms with E-state index in [0.717, 1.165) is 12.3 Å². The van der Waals surface area contributed by atoms with Crippen molar-refractivity contribution >= 4 is 17.6 Å². The molecule has 108 valence electrons. The fourth-order valence-corrected chi connectivity index (χ4v) is 1.53.